The Labute approximate surface area is 167 Å². The van der Waals surface area contributed by atoms with Crippen LogP contribution in [0.25, 0.3) is 0 Å². The van der Waals surface area contributed by atoms with Gasteiger partial charge in [-0.25, -0.2) is 8.42 Å². The molecule has 1 heterocycles. The average molecular weight is 411 g/mol. The Balaban J connectivity index is 2.00. The third kappa shape index (κ3) is 6.57. The normalized spacial score (nSPS) is 17.0. The van der Waals surface area contributed by atoms with Crippen LogP contribution in [0.1, 0.15) is 34.1 Å². The lowest BCUT2D eigenvalue weighted by molar-refractivity contribution is -0.123. The van der Waals surface area contributed by atoms with Gasteiger partial charge in [-0.1, -0.05) is 0 Å². The highest BCUT2D eigenvalue weighted by molar-refractivity contribution is 7.89. The number of carbonyl (C=O) groups excluding carboxylic acids is 2. The lowest BCUT2D eigenvalue weighted by atomic mass is 10.1. The highest BCUT2D eigenvalue weighted by Crippen LogP contribution is 2.20. The number of sulfonamides is 1. The number of nitrogens with one attached hydrogen (secondary N) is 2. The molecule has 1 aromatic rings. The molecule has 0 atom stereocenters. The maximum atomic E-state index is 12.9. The van der Waals surface area contributed by atoms with Crippen LogP contribution in [0.2, 0.25) is 0 Å². The van der Waals surface area contributed by atoms with Crippen LogP contribution in [0.15, 0.2) is 29.2 Å². The fourth-order valence-electron chi connectivity index (χ4n) is 3.07. The predicted octanol–water partition coefficient (Wildman–Crippen LogP) is 1.26. The molecule has 0 bridgehead atoms. The molecule has 1 aromatic carbocycles. The third-order valence-electron chi connectivity index (χ3n) is 4.24. The molecular formula is C19H30N4O4S. The van der Waals surface area contributed by atoms with E-state index in [2.05, 4.69) is 10.6 Å². The summed E-state index contributed by atoms with van der Waals surface area (Å²) in [5.41, 5.74) is 0.264. The molecule has 1 aliphatic rings. The number of hydrogen-bond acceptors (Lipinski definition) is 5. The van der Waals surface area contributed by atoms with E-state index in [4.69, 9.17) is 0 Å². The summed E-state index contributed by atoms with van der Waals surface area (Å²) in [6, 6.07) is 6.16. The second kappa shape index (κ2) is 9.02. The van der Waals surface area contributed by atoms with Gasteiger partial charge in [-0.05, 0) is 58.0 Å². The molecule has 156 valence electrons. The number of carbonyl (C=O) groups is 2. The van der Waals surface area contributed by atoms with Gasteiger partial charge < -0.3 is 10.6 Å². The second-order valence-corrected chi connectivity index (χ2v) is 9.98. The zero-order valence-electron chi connectivity index (χ0n) is 17.0. The van der Waals surface area contributed by atoms with Crippen molar-refractivity contribution in [3.05, 3.63) is 24.3 Å². The minimum Gasteiger partial charge on any atom is -0.350 e. The predicted molar refractivity (Wildman–Crippen MR) is 108 cm³/mol. The third-order valence-corrected chi connectivity index (χ3v) is 6.15. The van der Waals surface area contributed by atoms with E-state index in [0.717, 1.165) is 0 Å². The molecule has 2 amide bonds. The molecule has 1 saturated heterocycles. The standard InChI is InChI=1S/C19H30N4O4S/c1-15(24)20-16-6-8-17(9-7-16)28(26,27)23-11-5-10-22(12-13-23)14-18(25)21-19(2,3)4/h6-9H,5,10-14H2,1-4H3,(H,20,24)(H,21,25). The number of rotatable bonds is 5. The van der Waals surface area contributed by atoms with Gasteiger partial charge in [0, 0.05) is 37.8 Å². The highest BCUT2D eigenvalue weighted by Gasteiger charge is 2.27. The van der Waals surface area contributed by atoms with Gasteiger partial charge >= 0.3 is 0 Å². The van der Waals surface area contributed by atoms with Gasteiger partial charge in [0.15, 0.2) is 0 Å². The van der Waals surface area contributed by atoms with Crippen molar-refractivity contribution in [2.75, 3.05) is 38.0 Å². The van der Waals surface area contributed by atoms with E-state index in [1.165, 1.54) is 23.4 Å². The number of nitrogens with zero attached hydrogens (tertiary/aromatic N) is 2. The Kier molecular flexibility index (Phi) is 7.19. The summed E-state index contributed by atoms with van der Waals surface area (Å²) in [4.78, 5) is 25.4. The minimum atomic E-state index is -3.62. The fraction of sp³-hybridized carbons (Fsp3) is 0.579. The maximum Gasteiger partial charge on any atom is 0.243 e. The van der Waals surface area contributed by atoms with Gasteiger partial charge in [0.2, 0.25) is 21.8 Å². The van der Waals surface area contributed by atoms with Crippen LogP contribution >= 0.6 is 0 Å². The number of hydrogen-bond donors (Lipinski definition) is 2. The molecule has 1 fully saturated rings. The Morgan fingerprint density at radius 3 is 2.25 bits per heavy atom. The topological polar surface area (TPSA) is 98.8 Å². The quantitative estimate of drug-likeness (QED) is 0.761. The van der Waals surface area contributed by atoms with Crippen LogP contribution in [0.5, 0.6) is 0 Å². The summed E-state index contributed by atoms with van der Waals surface area (Å²) in [7, 11) is -3.62. The SMILES string of the molecule is CC(=O)Nc1ccc(S(=O)(=O)N2CCCN(CC(=O)NC(C)(C)C)CC2)cc1. The Bertz CT molecular complexity index is 800. The lowest BCUT2D eigenvalue weighted by Gasteiger charge is -2.25. The van der Waals surface area contributed by atoms with Gasteiger partial charge in [0.1, 0.15) is 0 Å². The van der Waals surface area contributed by atoms with Crippen molar-refractivity contribution < 1.29 is 18.0 Å². The van der Waals surface area contributed by atoms with Gasteiger partial charge in [-0.15, -0.1) is 0 Å². The van der Waals surface area contributed by atoms with Crippen LogP contribution in [-0.4, -0.2) is 67.7 Å². The van der Waals surface area contributed by atoms with E-state index >= 15 is 0 Å². The number of anilines is 1. The van der Waals surface area contributed by atoms with Crippen molar-refractivity contribution in [3.63, 3.8) is 0 Å². The van der Waals surface area contributed by atoms with Gasteiger partial charge in [-0.2, -0.15) is 4.31 Å². The van der Waals surface area contributed by atoms with E-state index in [0.29, 0.717) is 38.3 Å². The molecule has 9 heteroatoms. The van der Waals surface area contributed by atoms with Crippen molar-refractivity contribution in [1.82, 2.24) is 14.5 Å². The average Bonchev–Trinajstić information content (AvgIpc) is 2.79. The molecule has 8 nitrogen and oxygen atoms in total. The first-order chi connectivity index (χ1) is 13.0. The zero-order chi connectivity index (χ0) is 20.9. The molecule has 0 aromatic heterocycles. The molecule has 0 saturated carbocycles. The molecule has 0 unspecified atom stereocenters. The molecule has 2 rings (SSSR count). The number of benzene rings is 1. The largest absolute Gasteiger partial charge is 0.350 e. The Morgan fingerprint density at radius 2 is 1.68 bits per heavy atom. The Morgan fingerprint density at radius 1 is 1.04 bits per heavy atom. The van der Waals surface area contributed by atoms with Crippen molar-refractivity contribution in [2.24, 2.45) is 0 Å². The van der Waals surface area contributed by atoms with Crippen LogP contribution in [0.3, 0.4) is 0 Å². The number of amides is 2. The van der Waals surface area contributed by atoms with Crippen molar-refractivity contribution >= 4 is 27.5 Å². The second-order valence-electron chi connectivity index (χ2n) is 8.04. The van der Waals surface area contributed by atoms with Crippen LogP contribution in [-0.2, 0) is 19.6 Å². The van der Waals surface area contributed by atoms with E-state index < -0.39 is 10.0 Å². The van der Waals surface area contributed by atoms with Gasteiger partial charge in [-0.3, -0.25) is 14.5 Å². The van der Waals surface area contributed by atoms with Crippen LogP contribution in [0, 0.1) is 0 Å². The summed E-state index contributed by atoms with van der Waals surface area (Å²) < 4.78 is 27.3. The summed E-state index contributed by atoms with van der Waals surface area (Å²) in [5, 5.41) is 5.55. The first kappa shape index (κ1) is 22.3. The van der Waals surface area contributed by atoms with Crippen molar-refractivity contribution in [1.29, 1.82) is 0 Å². The van der Waals surface area contributed by atoms with Crippen molar-refractivity contribution in [2.45, 2.75) is 44.6 Å². The van der Waals surface area contributed by atoms with Crippen LogP contribution in [0.4, 0.5) is 5.69 Å². The smallest absolute Gasteiger partial charge is 0.243 e. The van der Waals surface area contributed by atoms with E-state index in [-0.39, 0.29) is 28.8 Å². The molecule has 2 N–H and O–H groups in total. The molecule has 28 heavy (non-hydrogen) atoms. The maximum absolute atomic E-state index is 12.9. The Hall–Kier alpha value is -1.97. The highest BCUT2D eigenvalue weighted by atomic mass is 32.2. The molecule has 0 aliphatic carbocycles. The first-order valence-electron chi connectivity index (χ1n) is 9.38. The van der Waals surface area contributed by atoms with Crippen LogP contribution < -0.4 is 10.6 Å². The molecular weight excluding hydrogens is 380 g/mol. The zero-order valence-corrected chi connectivity index (χ0v) is 17.8. The summed E-state index contributed by atoms with van der Waals surface area (Å²) in [6.07, 6.45) is 0.659. The van der Waals surface area contributed by atoms with Gasteiger partial charge in [0.05, 0.1) is 11.4 Å². The minimum absolute atomic E-state index is 0.0580. The summed E-state index contributed by atoms with van der Waals surface area (Å²) in [5.74, 6) is -0.268. The summed E-state index contributed by atoms with van der Waals surface area (Å²) >= 11 is 0. The molecule has 0 radical (unpaired) electrons. The fourth-order valence-corrected chi connectivity index (χ4v) is 4.54. The monoisotopic (exact) mass is 410 g/mol. The molecule has 1 aliphatic heterocycles. The lowest BCUT2D eigenvalue weighted by Crippen LogP contribution is -2.46. The first-order valence-corrected chi connectivity index (χ1v) is 10.8. The van der Waals surface area contributed by atoms with Crippen molar-refractivity contribution in [3.8, 4) is 0 Å². The molecule has 0 spiro atoms. The van der Waals surface area contributed by atoms with Gasteiger partial charge in [0.25, 0.3) is 0 Å². The van der Waals surface area contributed by atoms with E-state index in [1.807, 2.05) is 25.7 Å². The summed E-state index contributed by atoms with van der Waals surface area (Å²) in [6.45, 7) is 9.36. The van der Waals surface area contributed by atoms with E-state index in [1.54, 1.807) is 12.1 Å². The van der Waals surface area contributed by atoms with E-state index in [9.17, 15) is 18.0 Å².